The van der Waals surface area contributed by atoms with Gasteiger partial charge in [-0.05, 0) is 55.5 Å². The van der Waals surface area contributed by atoms with Gasteiger partial charge in [-0.15, -0.1) is 0 Å². The van der Waals surface area contributed by atoms with Gasteiger partial charge in [0.1, 0.15) is 0 Å². The number of piperazine rings is 1. The van der Waals surface area contributed by atoms with Gasteiger partial charge in [-0.2, -0.15) is 0 Å². The van der Waals surface area contributed by atoms with Crippen molar-refractivity contribution in [3.8, 4) is 0 Å². The van der Waals surface area contributed by atoms with E-state index in [1.165, 1.54) is 0 Å². The molecule has 0 aromatic heterocycles. The highest BCUT2D eigenvalue weighted by Gasteiger charge is 2.22. The standard InChI is InChI=1S/C25H23Cl2N3O2/c1-17-5-7-18(8-6-17)25(32)30-15-13-29(14-16-30)20-11-9-19(10-12-20)28-24(31)21-3-2-4-22(26)23(21)27/h2-12H,13-16H2,1H3,(H,28,31). The molecule has 1 aliphatic heterocycles. The molecule has 5 nitrogen and oxygen atoms in total. The van der Waals surface area contributed by atoms with Crippen LogP contribution in [0.15, 0.2) is 66.7 Å². The molecule has 32 heavy (non-hydrogen) atoms. The van der Waals surface area contributed by atoms with Crippen molar-refractivity contribution in [2.75, 3.05) is 36.4 Å². The van der Waals surface area contributed by atoms with E-state index >= 15 is 0 Å². The maximum absolute atomic E-state index is 12.7. The number of hydrogen-bond donors (Lipinski definition) is 1. The quantitative estimate of drug-likeness (QED) is 0.549. The summed E-state index contributed by atoms with van der Waals surface area (Å²) in [5, 5.41) is 3.43. The molecule has 0 aliphatic carbocycles. The van der Waals surface area contributed by atoms with Gasteiger partial charge in [0, 0.05) is 43.1 Å². The van der Waals surface area contributed by atoms with Crippen molar-refractivity contribution in [3.63, 3.8) is 0 Å². The Balaban J connectivity index is 1.35. The molecular weight excluding hydrogens is 445 g/mol. The Morgan fingerprint density at radius 3 is 2.16 bits per heavy atom. The van der Waals surface area contributed by atoms with Gasteiger partial charge in [0.25, 0.3) is 11.8 Å². The predicted molar refractivity (Wildman–Crippen MR) is 130 cm³/mol. The number of benzene rings is 3. The van der Waals surface area contributed by atoms with Gasteiger partial charge in [-0.3, -0.25) is 9.59 Å². The highest BCUT2D eigenvalue weighted by Crippen LogP contribution is 2.27. The lowest BCUT2D eigenvalue weighted by Gasteiger charge is -2.36. The number of rotatable bonds is 4. The topological polar surface area (TPSA) is 52.7 Å². The summed E-state index contributed by atoms with van der Waals surface area (Å²) in [5.41, 5.74) is 3.91. The summed E-state index contributed by atoms with van der Waals surface area (Å²) >= 11 is 12.1. The number of nitrogens with one attached hydrogen (secondary N) is 1. The third-order valence-corrected chi connectivity index (χ3v) is 6.37. The molecule has 0 radical (unpaired) electrons. The molecule has 0 bridgehead atoms. The number of carbonyl (C=O) groups is 2. The monoisotopic (exact) mass is 467 g/mol. The molecular formula is C25H23Cl2N3O2. The second-order valence-corrected chi connectivity index (χ2v) is 8.53. The van der Waals surface area contributed by atoms with Crippen LogP contribution in [0.3, 0.4) is 0 Å². The first-order valence-corrected chi connectivity index (χ1v) is 11.1. The van der Waals surface area contributed by atoms with Crippen LogP contribution < -0.4 is 10.2 Å². The molecule has 1 saturated heterocycles. The molecule has 0 spiro atoms. The zero-order valence-electron chi connectivity index (χ0n) is 17.6. The van der Waals surface area contributed by atoms with E-state index in [0.717, 1.165) is 29.9 Å². The third kappa shape index (κ3) is 4.90. The molecule has 2 amide bonds. The first-order chi connectivity index (χ1) is 15.4. The normalized spacial score (nSPS) is 13.7. The van der Waals surface area contributed by atoms with E-state index in [2.05, 4.69) is 10.2 Å². The summed E-state index contributed by atoms with van der Waals surface area (Å²) in [6, 6.07) is 20.3. The van der Waals surface area contributed by atoms with Gasteiger partial charge in [0.2, 0.25) is 0 Å². The fourth-order valence-electron chi connectivity index (χ4n) is 3.68. The minimum Gasteiger partial charge on any atom is -0.368 e. The van der Waals surface area contributed by atoms with Crippen LogP contribution in [0.4, 0.5) is 11.4 Å². The van der Waals surface area contributed by atoms with E-state index in [0.29, 0.717) is 29.4 Å². The van der Waals surface area contributed by atoms with Gasteiger partial charge in [0.15, 0.2) is 0 Å². The van der Waals surface area contributed by atoms with Gasteiger partial charge in [-0.1, -0.05) is 47.0 Å². The second kappa shape index (κ2) is 9.63. The lowest BCUT2D eigenvalue weighted by atomic mass is 10.1. The van der Waals surface area contributed by atoms with Crippen molar-refractivity contribution in [3.05, 3.63) is 93.5 Å². The number of hydrogen-bond acceptors (Lipinski definition) is 3. The lowest BCUT2D eigenvalue weighted by Crippen LogP contribution is -2.48. The first-order valence-electron chi connectivity index (χ1n) is 10.4. The van der Waals surface area contributed by atoms with E-state index in [1.54, 1.807) is 18.2 Å². The SMILES string of the molecule is Cc1ccc(C(=O)N2CCN(c3ccc(NC(=O)c4cccc(Cl)c4Cl)cc3)CC2)cc1. The van der Waals surface area contributed by atoms with Crippen molar-refractivity contribution in [2.45, 2.75) is 6.92 Å². The third-order valence-electron chi connectivity index (χ3n) is 5.55. The average Bonchev–Trinajstić information content (AvgIpc) is 2.81. The van der Waals surface area contributed by atoms with Gasteiger partial charge < -0.3 is 15.1 Å². The molecule has 0 atom stereocenters. The molecule has 7 heteroatoms. The van der Waals surface area contributed by atoms with Crippen molar-refractivity contribution in [2.24, 2.45) is 0 Å². The molecule has 0 unspecified atom stereocenters. The van der Waals surface area contributed by atoms with Crippen LogP contribution in [0.5, 0.6) is 0 Å². The number of aryl methyl sites for hydroxylation is 1. The average molecular weight is 468 g/mol. The minimum absolute atomic E-state index is 0.0717. The van der Waals surface area contributed by atoms with Crippen LogP contribution in [0, 0.1) is 6.92 Å². The zero-order chi connectivity index (χ0) is 22.7. The number of carbonyl (C=O) groups excluding carboxylic acids is 2. The molecule has 3 aromatic rings. The van der Waals surface area contributed by atoms with Crippen LogP contribution >= 0.6 is 23.2 Å². The zero-order valence-corrected chi connectivity index (χ0v) is 19.2. The highest BCUT2D eigenvalue weighted by molar-refractivity contribution is 6.44. The summed E-state index contributed by atoms with van der Waals surface area (Å²) in [4.78, 5) is 29.3. The number of anilines is 2. The van der Waals surface area contributed by atoms with Crippen molar-refractivity contribution >= 4 is 46.4 Å². The summed E-state index contributed by atoms with van der Waals surface area (Å²) < 4.78 is 0. The molecule has 1 fully saturated rings. The second-order valence-electron chi connectivity index (χ2n) is 7.75. The van der Waals surface area contributed by atoms with Crippen molar-refractivity contribution in [1.82, 2.24) is 4.90 Å². The lowest BCUT2D eigenvalue weighted by molar-refractivity contribution is 0.0746. The maximum Gasteiger partial charge on any atom is 0.257 e. The fraction of sp³-hybridized carbons (Fsp3) is 0.200. The summed E-state index contributed by atoms with van der Waals surface area (Å²) in [6.07, 6.45) is 0. The molecule has 3 aromatic carbocycles. The van der Waals surface area contributed by atoms with Crippen molar-refractivity contribution in [1.29, 1.82) is 0 Å². The molecule has 1 N–H and O–H groups in total. The molecule has 164 valence electrons. The summed E-state index contributed by atoms with van der Waals surface area (Å²) in [5.74, 6) is -0.240. The Kier molecular flexibility index (Phi) is 6.68. The van der Waals surface area contributed by atoms with Crippen LogP contribution in [-0.4, -0.2) is 42.9 Å². The minimum atomic E-state index is -0.312. The van der Waals surface area contributed by atoms with E-state index < -0.39 is 0 Å². The smallest absolute Gasteiger partial charge is 0.257 e. The highest BCUT2D eigenvalue weighted by atomic mass is 35.5. The number of nitrogens with zero attached hydrogens (tertiary/aromatic N) is 2. The Bertz CT molecular complexity index is 1120. The van der Waals surface area contributed by atoms with Crippen LogP contribution in [0.25, 0.3) is 0 Å². The van der Waals surface area contributed by atoms with E-state index in [-0.39, 0.29) is 16.8 Å². The van der Waals surface area contributed by atoms with E-state index in [9.17, 15) is 9.59 Å². The predicted octanol–water partition coefficient (Wildman–Crippen LogP) is 5.52. The van der Waals surface area contributed by atoms with Crippen LogP contribution in [-0.2, 0) is 0 Å². The fourth-order valence-corrected chi connectivity index (χ4v) is 4.07. The number of amides is 2. The summed E-state index contributed by atoms with van der Waals surface area (Å²) in [7, 11) is 0. The molecule has 4 rings (SSSR count). The Labute approximate surface area is 197 Å². The van der Waals surface area contributed by atoms with Crippen LogP contribution in [0.2, 0.25) is 10.0 Å². The molecule has 1 heterocycles. The Morgan fingerprint density at radius 2 is 1.50 bits per heavy atom. The van der Waals surface area contributed by atoms with Gasteiger partial charge in [0.05, 0.1) is 15.6 Å². The first kappa shape index (κ1) is 22.2. The largest absolute Gasteiger partial charge is 0.368 e. The number of halogens is 2. The van der Waals surface area contributed by atoms with E-state index in [4.69, 9.17) is 23.2 Å². The Morgan fingerprint density at radius 1 is 0.844 bits per heavy atom. The summed E-state index contributed by atoms with van der Waals surface area (Å²) in [6.45, 7) is 4.84. The van der Waals surface area contributed by atoms with Crippen molar-refractivity contribution < 1.29 is 9.59 Å². The molecule has 1 aliphatic rings. The van der Waals surface area contributed by atoms with Gasteiger partial charge in [-0.25, -0.2) is 0 Å². The van der Waals surface area contributed by atoms with Gasteiger partial charge >= 0.3 is 0 Å². The maximum atomic E-state index is 12.7. The molecule has 0 saturated carbocycles. The van der Waals surface area contributed by atoms with E-state index in [1.807, 2.05) is 60.4 Å². The van der Waals surface area contributed by atoms with Crippen LogP contribution in [0.1, 0.15) is 26.3 Å². The Hall–Kier alpha value is -3.02.